The van der Waals surface area contributed by atoms with Crippen LogP contribution in [0.3, 0.4) is 0 Å². The second-order valence-electron chi connectivity index (χ2n) is 3.82. The molecular formula is C10H21NOS. The predicted octanol–water partition coefficient (Wildman–Crippen LogP) is 1.75. The first-order chi connectivity index (χ1) is 6.33. The summed E-state index contributed by atoms with van der Waals surface area (Å²) in [4.78, 5) is 0. The summed E-state index contributed by atoms with van der Waals surface area (Å²) in [5.41, 5.74) is 0. The highest BCUT2D eigenvalue weighted by molar-refractivity contribution is 7.98. The van der Waals surface area contributed by atoms with Crippen LogP contribution in [0.25, 0.3) is 0 Å². The smallest absolute Gasteiger partial charge is 0.0507 e. The lowest BCUT2D eigenvalue weighted by molar-refractivity contribution is 0.184. The molecule has 0 aromatic heterocycles. The molecule has 2 atom stereocenters. The van der Waals surface area contributed by atoms with Crippen LogP contribution in [0.2, 0.25) is 0 Å². The zero-order valence-corrected chi connectivity index (χ0v) is 9.53. The molecule has 3 heteroatoms. The van der Waals surface area contributed by atoms with Crippen LogP contribution in [-0.2, 0) is 4.74 Å². The fourth-order valence-corrected chi connectivity index (χ4v) is 2.10. The van der Waals surface area contributed by atoms with Crippen molar-refractivity contribution in [2.24, 2.45) is 5.92 Å². The van der Waals surface area contributed by atoms with Crippen LogP contribution in [0.15, 0.2) is 0 Å². The molecule has 1 aliphatic heterocycles. The van der Waals surface area contributed by atoms with E-state index in [4.69, 9.17) is 4.74 Å². The highest BCUT2D eigenvalue weighted by Crippen LogP contribution is 2.11. The van der Waals surface area contributed by atoms with E-state index in [0.717, 1.165) is 25.7 Å². The van der Waals surface area contributed by atoms with Crippen molar-refractivity contribution in [3.8, 4) is 0 Å². The third-order valence-electron chi connectivity index (χ3n) is 2.53. The SMILES string of the molecule is CSCCC(C)NCC1CCOC1. The summed E-state index contributed by atoms with van der Waals surface area (Å²) in [6.45, 7) is 5.33. The van der Waals surface area contributed by atoms with Gasteiger partial charge in [-0.05, 0) is 37.7 Å². The molecule has 0 aromatic carbocycles. The van der Waals surface area contributed by atoms with Crippen LogP contribution in [0.5, 0.6) is 0 Å². The van der Waals surface area contributed by atoms with Gasteiger partial charge in [0.1, 0.15) is 0 Å². The number of rotatable bonds is 6. The zero-order valence-electron chi connectivity index (χ0n) is 8.71. The van der Waals surface area contributed by atoms with Crippen molar-refractivity contribution in [2.75, 3.05) is 31.8 Å². The molecule has 0 saturated carbocycles. The average molecular weight is 203 g/mol. The average Bonchev–Trinajstić information content (AvgIpc) is 2.64. The largest absolute Gasteiger partial charge is 0.381 e. The van der Waals surface area contributed by atoms with Gasteiger partial charge in [0.2, 0.25) is 0 Å². The Labute approximate surface area is 85.8 Å². The summed E-state index contributed by atoms with van der Waals surface area (Å²) in [6, 6.07) is 0.660. The second-order valence-corrected chi connectivity index (χ2v) is 4.81. The Bertz CT molecular complexity index is 126. The van der Waals surface area contributed by atoms with Gasteiger partial charge < -0.3 is 10.1 Å². The summed E-state index contributed by atoms with van der Waals surface area (Å²) in [5.74, 6) is 2.02. The van der Waals surface area contributed by atoms with Crippen molar-refractivity contribution in [1.29, 1.82) is 0 Å². The molecule has 0 aromatic rings. The van der Waals surface area contributed by atoms with Crippen molar-refractivity contribution in [3.63, 3.8) is 0 Å². The van der Waals surface area contributed by atoms with Gasteiger partial charge in [-0.2, -0.15) is 11.8 Å². The lowest BCUT2D eigenvalue weighted by Gasteiger charge is -2.15. The molecule has 0 bridgehead atoms. The maximum Gasteiger partial charge on any atom is 0.0507 e. The van der Waals surface area contributed by atoms with Crippen molar-refractivity contribution >= 4 is 11.8 Å². The number of hydrogen-bond acceptors (Lipinski definition) is 3. The Kier molecular flexibility index (Phi) is 5.83. The zero-order chi connectivity index (χ0) is 9.52. The van der Waals surface area contributed by atoms with Crippen LogP contribution in [0.1, 0.15) is 19.8 Å². The summed E-state index contributed by atoms with van der Waals surface area (Å²) in [5, 5.41) is 3.57. The Hall–Kier alpha value is 0.270. The lowest BCUT2D eigenvalue weighted by atomic mass is 10.1. The maximum absolute atomic E-state index is 5.33. The molecule has 2 nitrogen and oxygen atoms in total. The molecular weight excluding hydrogens is 182 g/mol. The summed E-state index contributed by atoms with van der Waals surface area (Å²) < 4.78 is 5.33. The van der Waals surface area contributed by atoms with Gasteiger partial charge in [0.05, 0.1) is 6.61 Å². The molecule has 13 heavy (non-hydrogen) atoms. The standard InChI is InChI=1S/C10H21NOS/c1-9(4-6-13-2)11-7-10-3-5-12-8-10/h9-11H,3-8H2,1-2H3. The fraction of sp³-hybridized carbons (Fsp3) is 1.00. The van der Waals surface area contributed by atoms with E-state index in [-0.39, 0.29) is 0 Å². The minimum atomic E-state index is 0.660. The van der Waals surface area contributed by atoms with E-state index in [1.165, 1.54) is 18.6 Å². The molecule has 2 unspecified atom stereocenters. The topological polar surface area (TPSA) is 21.3 Å². The first-order valence-corrected chi connectivity index (χ1v) is 6.52. The van der Waals surface area contributed by atoms with Gasteiger partial charge in [-0.1, -0.05) is 0 Å². The van der Waals surface area contributed by atoms with Gasteiger partial charge >= 0.3 is 0 Å². The monoisotopic (exact) mass is 203 g/mol. The second kappa shape index (κ2) is 6.68. The molecule has 1 aliphatic rings. The van der Waals surface area contributed by atoms with E-state index < -0.39 is 0 Å². The molecule has 0 aliphatic carbocycles. The van der Waals surface area contributed by atoms with Crippen LogP contribution >= 0.6 is 11.8 Å². The summed E-state index contributed by atoms with van der Waals surface area (Å²) in [7, 11) is 0. The number of nitrogens with one attached hydrogen (secondary N) is 1. The molecule has 0 radical (unpaired) electrons. The molecule has 1 heterocycles. The van der Waals surface area contributed by atoms with Crippen LogP contribution in [0.4, 0.5) is 0 Å². The third kappa shape index (κ3) is 4.89. The fourth-order valence-electron chi connectivity index (χ4n) is 1.51. The maximum atomic E-state index is 5.33. The van der Waals surface area contributed by atoms with Gasteiger partial charge in [-0.3, -0.25) is 0 Å². The summed E-state index contributed by atoms with van der Waals surface area (Å²) >= 11 is 1.92. The minimum absolute atomic E-state index is 0.660. The van der Waals surface area contributed by atoms with Gasteiger partial charge in [0, 0.05) is 19.2 Å². The van der Waals surface area contributed by atoms with Crippen LogP contribution in [-0.4, -0.2) is 37.8 Å². The lowest BCUT2D eigenvalue weighted by Crippen LogP contribution is -2.31. The normalized spacial score (nSPS) is 24.9. The number of ether oxygens (including phenoxy) is 1. The molecule has 0 amide bonds. The first kappa shape index (κ1) is 11.3. The highest BCUT2D eigenvalue weighted by atomic mass is 32.2. The Morgan fingerprint density at radius 2 is 2.46 bits per heavy atom. The first-order valence-electron chi connectivity index (χ1n) is 5.13. The van der Waals surface area contributed by atoms with Crippen molar-refractivity contribution in [3.05, 3.63) is 0 Å². The Morgan fingerprint density at radius 3 is 3.08 bits per heavy atom. The number of thioether (sulfide) groups is 1. The number of hydrogen-bond donors (Lipinski definition) is 1. The summed E-state index contributed by atoms with van der Waals surface area (Å²) in [6.07, 6.45) is 4.68. The van der Waals surface area contributed by atoms with Crippen LogP contribution in [0, 0.1) is 5.92 Å². The van der Waals surface area contributed by atoms with Gasteiger partial charge in [0.25, 0.3) is 0 Å². The molecule has 1 saturated heterocycles. The van der Waals surface area contributed by atoms with E-state index >= 15 is 0 Å². The molecule has 1 N–H and O–H groups in total. The quantitative estimate of drug-likeness (QED) is 0.710. The van der Waals surface area contributed by atoms with Gasteiger partial charge in [-0.15, -0.1) is 0 Å². The predicted molar refractivity (Wildman–Crippen MR) is 59.4 cm³/mol. The van der Waals surface area contributed by atoms with Crippen molar-refractivity contribution < 1.29 is 4.74 Å². The highest BCUT2D eigenvalue weighted by Gasteiger charge is 2.15. The van der Waals surface area contributed by atoms with Crippen LogP contribution < -0.4 is 5.32 Å². The van der Waals surface area contributed by atoms with Gasteiger partial charge in [-0.25, -0.2) is 0 Å². The van der Waals surface area contributed by atoms with Crippen molar-refractivity contribution in [2.45, 2.75) is 25.8 Å². The molecule has 1 rings (SSSR count). The molecule has 0 spiro atoms. The minimum Gasteiger partial charge on any atom is -0.381 e. The van der Waals surface area contributed by atoms with E-state index in [0.29, 0.717) is 6.04 Å². The van der Waals surface area contributed by atoms with E-state index in [1.807, 2.05) is 11.8 Å². The van der Waals surface area contributed by atoms with Gasteiger partial charge in [0.15, 0.2) is 0 Å². The third-order valence-corrected chi connectivity index (χ3v) is 3.18. The van der Waals surface area contributed by atoms with E-state index in [2.05, 4.69) is 18.5 Å². The van der Waals surface area contributed by atoms with E-state index in [1.54, 1.807) is 0 Å². The molecule has 1 fully saturated rings. The van der Waals surface area contributed by atoms with Crippen molar-refractivity contribution in [1.82, 2.24) is 5.32 Å². The Balaban J connectivity index is 1.97. The molecule has 78 valence electrons. The Morgan fingerprint density at radius 1 is 1.62 bits per heavy atom. The van der Waals surface area contributed by atoms with E-state index in [9.17, 15) is 0 Å².